The van der Waals surface area contributed by atoms with Crippen LogP contribution in [0.1, 0.15) is 18.5 Å². The average molecular weight is 230 g/mol. The van der Waals surface area contributed by atoms with Gasteiger partial charge < -0.3 is 5.32 Å². The zero-order chi connectivity index (χ0) is 12.7. The Morgan fingerprint density at radius 2 is 2.12 bits per heavy atom. The van der Waals surface area contributed by atoms with Crippen molar-refractivity contribution in [1.82, 2.24) is 4.98 Å². The maximum absolute atomic E-state index is 12.0. The van der Waals surface area contributed by atoms with E-state index in [1.165, 1.54) is 0 Å². The Morgan fingerprint density at radius 1 is 1.47 bits per heavy atom. The number of carbonyl (C=O) groups is 1. The minimum Gasteiger partial charge on any atom is -0.324 e. The van der Waals surface area contributed by atoms with Gasteiger partial charge in [-0.1, -0.05) is 12.2 Å². The number of nitrogens with one attached hydrogen (secondary N) is 1. The second kappa shape index (κ2) is 6.63. The molecule has 3 nitrogen and oxygen atoms in total. The average Bonchev–Trinajstić information content (AvgIpc) is 2.32. The lowest BCUT2D eigenvalue weighted by atomic mass is 10.0. The SMILES string of the molecule is C=CCC(CC=C)C(=O)Nc1cccnc1C. The number of hydrogen-bond donors (Lipinski definition) is 1. The third-order valence-electron chi connectivity index (χ3n) is 2.54. The Bertz CT molecular complexity index is 402. The van der Waals surface area contributed by atoms with Crippen molar-refractivity contribution in [3.63, 3.8) is 0 Å². The van der Waals surface area contributed by atoms with E-state index in [1.807, 2.05) is 13.0 Å². The van der Waals surface area contributed by atoms with Crippen molar-refractivity contribution in [1.29, 1.82) is 0 Å². The number of aromatic nitrogens is 1. The third-order valence-corrected chi connectivity index (χ3v) is 2.54. The highest BCUT2D eigenvalue weighted by atomic mass is 16.1. The van der Waals surface area contributed by atoms with Gasteiger partial charge in [0.25, 0.3) is 0 Å². The zero-order valence-electron chi connectivity index (χ0n) is 10.1. The molecule has 1 rings (SSSR count). The summed E-state index contributed by atoms with van der Waals surface area (Å²) in [5.41, 5.74) is 1.58. The summed E-state index contributed by atoms with van der Waals surface area (Å²) in [4.78, 5) is 16.1. The molecule has 0 aromatic carbocycles. The fourth-order valence-electron chi connectivity index (χ4n) is 1.56. The van der Waals surface area contributed by atoms with E-state index in [2.05, 4.69) is 23.5 Å². The Kier molecular flexibility index (Phi) is 5.14. The number of hydrogen-bond acceptors (Lipinski definition) is 2. The third kappa shape index (κ3) is 3.87. The van der Waals surface area contributed by atoms with E-state index in [0.717, 1.165) is 11.4 Å². The van der Waals surface area contributed by atoms with Gasteiger partial charge in [-0.05, 0) is 31.9 Å². The number of carbonyl (C=O) groups excluding carboxylic acids is 1. The molecule has 0 atom stereocenters. The van der Waals surface area contributed by atoms with E-state index in [-0.39, 0.29) is 11.8 Å². The molecule has 17 heavy (non-hydrogen) atoms. The minimum atomic E-state index is -0.107. The summed E-state index contributed by atoms with van der Waals surface area (Å²) in [5.74, 6) is -0.120. The molecule has 0 fully saturated rings. The van der Waals surface area contributed by atoms with Crippen LogP contribution in [-0.4, -0.2) is 10.9 Å². The van der Waals surface area contributed by atoms with Gasteiger partial charge in [-0.15, -0.1) is 13.2 Å². The highest BCUT2D eigenvalue weighted by Crippen LogP contribution is 2.16. The summed E-state index contributed by atoms with van der Waals surface area (Å²) >= 11 is 0. The molecule has 0 aliphatic rings. The lowest BCUT2D eigenvalue weighted by Gasteiger charge is -2.14. The molecule has 1 aromatic rings. The Labute approximate surface area is 102 Å². The second-order valence-corrected chi connectivity index (χ2v) is 3.87. The lowest BCUT2D eigenvalue weighted by Crippen LogP contribution is -2.22. The van der Waals surface area contributed by atoms with Gasteiger partial charge in [0, 0.05) is 12.1 Å². The summed E-state index contributed by atoms with van der Waals surface area (Å²) in [6.45, 7) is 9.19. The monoisotopic (exact) mass is 230 g/mol. The van der Waals surface area contributed by atoms with Crippen LogP contribution in [0.4, 0.5) is 5.69 Å². The molecule has 0 unspecified atom stereocenters. The quantitative estimate of drug-likeness (QED) is 0.763. The summed E-state index contributed by atoms with van der Waals surface area (Å²) in [6, 6.07) is 3.65. The van der Waals surface area contributed by atoms with E-state index < -0.39 is 0 Å². The van der Waals surface area contributed by atoms with Crippen LogP contribution in [0, 0.1) is 12.8 Å². The number of amides is 1. The molecule has 0 aliphatic heterocycles. The molecule has 0 radical (unpaired) electrons. The number of pyridine rings is 1. The number of rotatable bonds is 6. The maximum atomic E-state index is 12.0. The Morgan fingerprint density at radius 3 is 2.65 bits per heavy atom. The van der Waals surface area contributed by atoms with Gasteiger partial charge in [-0.2, -0.15) is 0 Å². The minimum absolute atomic E-state index is 0.0131. The van der Waals surface area contributed by atoms with Crippen LogP contribution in [0.5, 0.6) is 0 Å². The maximum Gasteiger partial charge on any atom is 0.228 e. The van der Waals surface area contributed by atoms with Crippen LogP contribution in [0.25, 0.3) is 0 Å². The van der Waals surface area contributed by atoms with Gasteiger partial charge in [0.2, 0.25) is 5.91 Å². The van der Waals surface area contributed by atoms with Gasteiger partial charge in [0.15, 0.2) is 0 Å². The summed E-state index contributed by atoms with van der Waals surface area (Å²) in [5, 5.41) is 2.88. The number of allylic oxidation sites excluding steroid dienone is 2. The zero-order valence-corrected chi connectivity index (χ0v) is 10.1. The van der Waals surface area contributed by atoms with Gasteiger partial charge in [-0.3, -0.25) is 9.78 Å². The van der Waals surface area contributed by atoms with Crippen molar-refractivity contribution in [2.75, 3.05) is 5.32 Å². The standard InChI is InChI=1S/C14H18N2O/c1-4-7-12(8-5-2)14(17)16-13-9-6-10-15-11(13)3/h4-6,9-10,12H,1-2,7-8H2,3H3,(H,16,17). The van der Waals surface area contributed by atoms with Crippen LogP contribution >= 0.6 is 0 Å². The van der Waals surface area contributed by atoms with E-state index in [0.29, 0.717) is 12.8 Å². The highest BCUT2D eigenvalue weighted by molar-refractivity contribution is 5.93. The van der Waals surface area contributed by atoms with E-state index in [1.54, 1.807) is 24.4 Å². The van der Waals surface area contributed by atoms with Crippen molar-refractivity contribution < 1.29 is 4.79 Å². The molecular formula is C14H18N2O. The molecule has 0 spiro atoms. The molecular weight excluding hydrogens is 212 g/mol. The number of aryl methyl sites for hydroxylation is 1. The molecule has 1 heterocycles. The molecule has 0 saturated carbocycles. The topological polar surface area (TPSA) is 42.0 Å². The highest BCUT2D eigenvalue weighted by Gasteiger charge is 2.16. The first-order valence-corrected chi connectivity index (χ1v) is 5.63. The van der Waals surface area contributed by atoms with Crippen LogP contribution in [0.3, 0.4) is 0 Å². The van der Waals surface area contributed by atoms with Crippen LogP contribution < -0.4 is 5.32 Å². The predicted octanol–water partition coefficient (Wildman–Crippen LogP) is 3.10. The van der Waals surface area contributed by atoms with Gasteiger partial charge in [0.1, 0.15) is 0 Å². The van der Waals surface area contributed by atoms with Crippen molar-refractivity contribution in [2.45, 2.75) is 19.8 Å². The predicted molar refractivity (Wildman–Crippen MR) is 70.7 cm³/mol. The number of nitrogens with zero attached hydrogens (tertiary/aromatic N) is 1. The first-order valence-electron chi connectivity index (χ1n) is 5.63. The Hall–Kier alpha value is -1.90. The molecule has 90 valence electrons. The van der Waals surface area contributed by atoms with E-state index in [9.17, 15) is 4.79 Å². The van der Waals surface area contributed by atoms with Crippen LogP contribution in [0.2, 0.25) is 0 Å². The normalized spacial score (nSPS) is 10.0. The first-order chi connectivity index (χ1) is 8.19. The summed E-state index contributed by atoms with van der Waals surface area (Å²) < 4.78 is 0. The van der Waals surface area contributed by atoms with Crippen LogP contribution in [-0.2, 0) is 4.79 Å². The molecule has 0 aliphatic carbocycles. The van der Waals surface area contributed by atoms with E-state index >= 15 is 0 Å². The fraction of sp³-hybridized carbons (Fsp3) is 0.286. The first kappa shape index (κ1) is 13.2. The van der Waals surface area contributed by atoms with Gasteiger partial charge >= 0.3 is 0 Å². The van der Waals surface area contributed by atoms with Crippen molar-refractivity contribution in [2.24, 2.45) is 5.92 Å². The van der Waals surface area contributed by atoms with Crippen molar-refractivity contribution in [3.8, 4) is 0 Å². The molecule has 1 N–H and O–H groups in total. The van der Waals surface area contributed by atoms with E-state index in [4.69, 9.17) is 0 Å². The molecule has 0 bridgehead atoms. The van der Waals surface area contributed by atoms with Gasteiger partial charge in [0.05, 0.1) is 11.4 Å². The Balaban J connectivity index is 2.72. The molecule has 3 heteroatoms. The van der Waals surface area contributed by atoms with Gasteiger partial charge in [-0.25, -0.2) is 0 Å². The van der Waals surface area contributed by atoms with Crippen molar-refractivity contribution >= 4 is 11.6 Å². The summed E-state index contributed by atoms with van der Waals surface area (Å²) in [6.07, 6.45) is 6.51. The summed E-state index contributed by atoms with van der Waals surface area (Å²) in [7, 11) is 0. The molecule has 0 saturated heterocycles. The largest absolute Gasteiger partial charge is 0.324 e. The molecule has 1 amide bonds. The molecule has 1 aromatic heterocycles. The lowest BCUT2D eigenvalue weighted by molar-refractivity contribution is -0.119. The fourth-order valence-corrected chi connectivity index (χ4v) is 1.56. The smallest absolute Gasteiger partial charge is 0.228 e. The second-order valence-electron chi connectivity index (χ2n) is 3.87. The van der Waals surface area contributed by atoms with Crippen LogP contribution in [0.15, 0.2) is 43.6 Å². The number of anilines is 1. The van der Waals surface area contributed by atoms with Crippen molar-refractivity contribution in [3.05, 3.63) is 49.3 Å².